The number of rotatable bonds is 3. The summed E-state index contributed by atoms with van der Waals surface area (Å²) in [5, 5.41) is 4.65. The molecule has 1 fully saturated rings. The van der Waals surface area contributed by atoms with Gasteiger partial charge in [0, 0.05) is 19.6 Å². The second-order valence-electron chi connectivity index (χ2n) is 8.58. The highest BCUT2D eigenvalue weighted by atomic mass is 16.2. The SMILES string of the molecule is Cc1ccc(C)c(Cn2nc3n(c2=O)CCCC3C(=O)N2CCC(C)CC2)c1. The molecule has 4 rings (SSSR count). The Morgan fingerprint density at radius 2 is 1.89 bits per heavy atom. The van der Waals surface area contributed by atoms with Gasteiger partial charge in [0.2, 0.25) is 5.91 Å². The van der Waals surface area contributed by atoms with Crippen LogP contribution >= 0.6 is 0 Å². The van der Waals surface area contributed by atoms with Gasteiger partial charge < -0.3 is 4.90 Å². The van der Waals surface area contributed by atoms with Gasteiger partial charge in [0.15, 0.2) is 0 Å². The third-order valence-corrected chi connectivity index (χ3v) is 6.36. The predicted molar refractivity (Wildman–Crippen MR) is 108 cm³/mol. The molecule has 2 aromatic rings. The number of piperidine rings is 1. The molecule has 2 aliphatic heterocycles. The van der Waals surface area contributed by atoms with Gasteiger partial charge >= 0.3 is 5.69 Å². The predicted octanol–water partition coefficient (Wildman–Crippen LogP) is 2.85. The number of aryl methyl sites for hydroxylation is 2. The Hall–Kier alpha value is -2.37. The highest BCUT2D eigenvalue weighted by Gasteiger charge is 2.35. The molecule has 3 heterocycles. The number of nitrogens with zero attached hydrogens (tertiary/aromatic N) is 4. The Balaban J connectivity index is 1.61. The summed E-state index contributed by atoms with van der Waals surface area (Å²) in [6, 6.07) is 6.26. The molecule has 0 saturated carbocycles. The Morgan fingerprint density at radius 3 is 2.64 bits per heavy atom. The van der Waals surface area contributed by atoms with E-state index in [4.69, 9.17) is 0 Å². The van der Waals surface area contributed by atoms with Crippen LogP contribution in [0, 0.1) is 19.8 Å². The summed E-state index contributed by atoms with van der Waals surface area (Å²) in [5.41, 5.74) is 3.33. The second-order valence-corrected chi connectivity index (χ2v) is 8.58. The largest absolute Gasteiger partial charge is 0.346 e. The van der Waals surface area contributed by atoms with E-state index in [1.54, 1.807) is 9.25 Å². The lowest BCUT2D eigenvalue weighted by Gasteiger charge is -2.33. The fourth-order valence-corrected chi connectivity index (χ4v) is 4.43. The van der Waals surface area contributed by atoms with Crippen molar-refractivity contribution in [3.63, 3.8) is 0 Å². The van der Waals surface area contributed by atoms with Crippen molar-refractivity contribution in [3.05, 3.63) is 51.2 Å². The first-order valence-electron chi connectivity index (χ1n) is 10.5. The molecule has 150 valence electrons. The molecule has 1 aromatic carbocycles. The number of fused-ring (bicyclic) bond motifs is 1. The molecule has 2 aliphatic rings. The van der Waals surface area contributed by atoms with Gasteiger partial charge in [0.25, 0.3) is 0 Å². The van der Waals surface area contributed by atoms with Crippen LogP contribution in [0.2, 0.25) is 0 Å². The molecule has 1 amide bonds. The van der Waals surface area contributed by atoms with E-state index in [0.717, 1.165) is 49.9 Å². The van der Waals surface area contributed by atoms with Crippen LogP contribution in [0.15, 0.2) is 23.0 Å². The molecule has 1 saturated heterocycles. The maximum Gasteiger partial charge on any atom is 0.346 e. The Bertz CT molecular complexity index is 934. The van der Waals surface area contributed by atoms with Crippen molar-refractivity contribution in [2.24, 2.45) is 5.92 Å². The number of hydrogen-bond acceptors (Lipinski definition) is 3. The van der Waals surface area contributed by atoms with E-state index < -0.39 is 0 Å². The lowest BCUT2D eigenvalue weighted by atomic mass is 9.94. The molecule has 28 heavy (non-hydrogen) atoms. The molecule has 1 unspecified atom stereocenters. The fourth-order valence-electron chi connectivity index (χ4n) is 4.43. The van der Waals surface area contributed by atoms with E-state index >= 15 is 0 Å². The van der Waals surface area contributed by atoms with E-state index in [1.807, 2.05) is 4.90 Å². The average Bonchev–Trinajstić information content (AvgIpc) is 3.00. The second kappa shape index (κ2) is 7.57. The maximum absolute atomic E-state index is 13.2. The Kier molecular flexibility index (Phi) is 5.13. The first-order chi connectivity index (χ1) is 13.4. The normalized spacial score (nSPS) is 20.2. The van der Waals surface area contributed by atoms with Crippen molar-refractivity contribution in [2.75, 3.05) is 13.1 Å². The van der Waals surface area contributed by atoms with Crippen molar-refractivity contribution in [1.82, 2.24) is 19.2 Å². The quantitative estimate of drug-likeness (QED) is 0.820. The van der Waals surface area contributed by atoms with Crippen LogP contribution in [0.25, 0.3) is 0 Å². The topological polar surface area (TPSA) is 60.1 Å². The molecular formula is C22H30N4O2. The molecule has 1 atom stereocenters. The summed E-state index contributed by atoms with van der Waals surface area (Å²) in [4.78, 5) is 28.1. The summed E-state index contributed by atoms with van der Waals surface area (Å²) >= 11 is 0. The van der Waals surface area contributed by atoms with Crippen LogP contribution in [0.4, 0.5) is 0 Å². The molecule has 0 spiro atoms. The number of carbonyl (C=O) groups excluding carboxylic acids is 1. The average molecular weight is 383 g/mol. The molecule has 1 aromatic heterocycles. The molecule has 0 bridgehead atoms. The summed E-state index contributed by atoms with van der Waals surface area (Å²) in [7, 11) is 0. The van der Waals surface area contributed by atoms with Gasteiger partial charge in [0.05, 0.1) is 12.5 Å². The van der Waals surface area contributed by atoms with Crippen molar-refractivity contribution >= 4 is 5.91 Å². The Labute approximate surface area is 166 Å². The van der Waals surface area contributed by atoms with E-state index in [-0.39, 0.29) is 17.5 Å². The third kappa shape index (κ3) is 3.52. The highest BCUT2D eigenvalue weighted by molar-refractivity contribution is 5.83. The lowest BCUT2D eigenvalue weighted by molar-refractivity contribution is -0.134. The van der Waals surface area contributed by atoms with Gasteiger partial charge in [-0.2, -0.15) is 5.10 Å². The smallest absolute Gasteiger partial charge is 0.342 e. The van der Waals surface area contributed by atoms with Crippen LogP contribution in [0.3, 0.4) is 0 Å². The molecule has 0 radical (unpaired) electrons. The third-order valence-electron chi connectivity index (χ3n) is 6.36. The molecular weight excluding hydrogens is 352 g/mol. The number of carbonyl (C=O) groups is 1. The standard InChI is InChI=1S/C22H30N4O2/c1-15-8-11-24(12-9-15)21(27)19-5-4-10-25-20(19)23-26(22(25)28)14-18-13-16(2)6-7-17(18)3/h6-7,13,15,19H,4-5,8-12,14H2,1-3H3. The van der Waals surface area contributed by atoms with Crippen LogP contribution in [0.1, 0.15) is 61.0 Å². The van der Waals surface area contributed by atoms with Crippen LogP contribution in [-0.2, 0) is 17.9 Å². The van der Waals surface area contributed by atoms with E-state index in [1.165, 1.54) is 5.56 Å². The summed E-state index contributed by atoms with van der Waals surface area (Å²) < 4.78 is 3.27. The van der Waals surface area contributed by atoms with Gasteiger partial charge in [-0.3, -0.25) is 9.36 Å². The maximum atomic E-state index is 13.2. The number of likely N-dealkylation sites (tertiary alicyclic amines) is 1. The van der Waals surface area contributed by atoms with Gasteiger partial charge in [0.1, 0.15) is 5.82 Å². The monoisotopic (exact) mass is 382 g/mol. The Morgan fingerprint density at radius 1 is 1.14 bits per heavy atom. The van der Waals surface area contributed by atoms with Crippen molar-refractivity contribution in [3.8, 4) is 0 Å². The van der Waals surface area contributed by atoms with E-state index in [0.29, 0.717) is 24.8 Å². The van der Waals surface area contributed by atoms with Crippen LogP contribution in [-0.4, -0.2) is 38.2 Å². The van der Waals surface area contributed by atoms with E-state index in [2.05, 4.69) is 44.1 Å². The van der Waals surface area contributed by atoms with Gasteiger partial charge in [-0.25, -0.2) is 9.48 Å². The molecule has 6 nitrogen and oxygen atoms in total. The van der Waals surface area contributed by atoms with Crippen LogP contribution in [0.5, 0.6) is 0 Å². The minimum Gasteiger partial charge on any atom is -0.342 e. The van der Waals surface area contributed by atoms with E-state index in [9.17, 15) is 9.59 Å². The minimum atomic E-state index is -0.283. The lowest BCUT2D eigenvalue weighted by Crippen LogP contribution is -2.42. The fraction of sp³-hybridized carbons (Fsp3) is 0.591. The number of hydrogen-bond donors (Lipinski definition) is 0. The zero-order valence-corrected chi connectivity index (χ0v) is 17.1. The molecule has 0 aliphatic carbocycles. The number of aromatic nitrogens is 3. The molecule has 6 heteroatoms. The van der Waals surface area contributed by atoms with Gasteiger partial charge in [-0.15, -0.1) is 0 Å². The summed E-state index contributed by atoms with van der Waals surface area (Å²) in [5.74, 6) is 1.21. The summed E-state index contributed by atoms with van der Waals surface area (Å²) in [6.07, 6.45) is 3.76. The van der Waals surface area contributed by atoms with Crippen molar-refractivity contribution in [2.45, 2.75) is 65.5 Å². The van der Waals surface area contributed by atoms with Gasteiger partial charge in [-0.1, -0.05) is 30.7 Å². The zero-order valence-electron chi connectivity index (χ0n) is 17.1. The van der Waals surface area contributed by atoms with Crippen molar-refractivity contribution < 1.29 is 4.79 Å². The van der Waals surface area contributed by atoms with Crippen LogP contribution < -0.4 is 5.69 Å². The number of amides is 1. The number of benzene rings is 1. The zero-order chi connectivity index (χ0) is 19.8. The first-order valence-corrected chi connectivity index (χ1v) is 10.5. The summed E-state index contributed by atoms with van der Waals surface area (Å²) in [6.45, 7) is 9.11. The van der Waals surface area contributed by atoms with Gasteiger partial charge in [-0.05, 0) is 56.6 Å². The minimum absolute atomic E-state index is 0.0966. The highest BCUT2D eigenvalue weighted by Crippen LogP contribution is 2.28. The first kappa shape index (κ1) is 19.0. The molecule has 0 N–H and O–H groups in total. The van der Waals surface area contributed by atoms with Crippen molar-refractivity contribution in [1.29, 1.82) is 0 Å².